The Bertz CT molecular complexity index is 1700. The molecule has 0 N–H and O–H groups in total. The first-order chi connectivity index (χ1) is 26.4. The maximum Gasteiger partial charge on any atom is 0.475 e. The Labute approximate surface area is 322 Å². The molecule has 3 heterocycles. The number of phosphoric ester groups is 1. The average Bonchev–Trinajstić information content (AvgIpc) is 3.84. The average molecular weight is 781 g/mol. The van der Waals surface area contributed by atoms with Crippen molar-refractivity contribution in [3.05, 3.63) is 71.8 Å². The van der Waals surface area contributed by atoms with E-state index in [1.165, 1.54) is 0 Å². The summed E-state index contributed by atoms with van der Waals surface area (Å²) in [6.45, 7) is 5.62. The third-order valence-electron chi connectivity index (χ3n) is 13.9. The minimum atomic E-state index is -4.36. The van der Waals surface area contributed by atoms with Crippen molar-refractivity contribution in [3.63, 3.8) is 0 Å². The summed E-state index contributed by atoms with van der Waals surface area (Å²) in [6.07, 6.45) is 3.47. The Morgan fingerprint density at radius 2 is 1.11 bits per heavy atom. The zero-order valence-corrected chi connectivity index (χ0v) is 32.9. The Balaban J connectivity index is 1.08. The molecule has 0 radical (unpaired) electrons. The highest BCUT2D eigenvalue weighted by Crippen LogP contribution is 2.66. The van der Waals surface area contributed by atoms with Crippen LogP contribution in [0.25, 0.3) is 0 Å². The first-order valence-electron chi connectivity index (χ1n) is 20.2. The van der Waals surface area contributed by atoms with E-state index in [1.807, 2.05) is 81.4 Å². The quantitative estimate of drug-likeness (QED) is 0.172. The van der Waals surface area contributed by atoms with Crippen molar-refractivity contribution in [2.45, 2.75) is 165 Å². The summed E-state index contributed by atoms with van der Waals surface area (Å²) in [5.74, 6) is -2.95. The molecule has 55 heavy (non-hydrogen) atoms. The number of hydrogen-bond acceptors (Lipinski definition) is 12. The molecule has 298 valence electrons. The van der Waals surface area contributed by atoms with Crippen molar-refractivity contribution >= 4 is 19.8 Å². The fourth-order valence-corrected chi connectivity index (χ4v) is 11.6. The second-order valence-corrected chi connectivity index (χ2v) is 19.0. The first-order valence-corrected chi connectivity index (χ1v) is 21.7. The van der Waals surface area contributed by atoms with Gasteiger partial charge < -0.3 is 28.4 Å². The number of benzene rings is 2. The zero-order chi connectivity index (χ0) is 38.1. The Kier molecular flexibility index (Phi) is 9.65. The lowest BCUT2D eigenvalue weighted by atomic mass is 9.66. The monoisotopic (exact) mass is 780 g/mol. The Morgan fingerprint density at radius 1 is 0.655 bits per heavy atom. The van der Waals surface area contributed by atoms with E-state index in [9.17, 15) is 14.2 Å². The van der Waals surface area contributed by atoms with E-state index in [-0.39, 0.29) is 13.2 Å². The zero-order valence-electron chi connectivity index (χ0n) is 32.0. The summed E-state index contributed by atoms with van der Waals surface area (Å²) in [6, 6.07) is 18.8. The molecule has 7 aliphatic rings. The van der Waals surface area contributed by atoms with Crippen LogP contribution in [-0.4, -0.2) is 65.7 Å². The summed E-state index contributed by atoms with van der Waals surface area (Å²) < 4.78 is 74.2. The third kappa shape index (κ3) is 6.34. The van der Waals surface area contributed by atoms with Crippen molar-refractivity contribution in [1.82, 2.24) is 0 Å². The van der Waals surface area contributed by atoms with Crippen LogP contribution >= 0.6 is 7.82 Å². The highest BCUT2D eigenvalue weighted by atomic mass is 31.2. The fraction of sp³-hybridized carbons (Fsp3) is 0.667. The van der Waals surface area contributed by atoms with Crippen LogP contribution < -0.4 is 0 Å². The number of carbonyl (C=O) groups is 2. The van der Waals surface area contributed by atoms with Crippen LogP contribution in [0.4, 0.5) is 0 Å². The molecular weight excluding hydrogens is 727 g/mol. The molecule has 13 heteroatoms. The van der Waals surface area contributed by atoms with E-state index in [2.05, 4.69) is 0 Å². The van der Waals surface area contributed by atoms with E-state index in [0.717, 1.165) is 49.7 Å². The number of rotatable bonds is 10. The van der Waals surface area contributed by atoms with Gasteiger partial charge in [0.15, 0.2) is 17.7 Å². The van der Waals surface area contributed by atoms with Crippen molar-refractivity contribution in [2.75, 3.05) is 0 Å². The molecule has 12 nitrogen and oxygen atoms in total. The lowest BCUT2D eigenvalue weighted by Gasteiger charge is -2.43. The number of phosphoric acid groups is 1. The molecule has 3 saturated heterocycles. The van der Waals surface area contributed by atoms with Gasteiger partial charge in [-0.3, -0.25) is 18.4 Å². The van der Waals surface area contributed by atoms with Crippen LogP contribution in [0.3, 0.4) is 0 Å². The summed E-state index contributed by atoms with van der Waals surface area (Å²) in [7, 11) is -4.36. The van der Waals surface area contributed by atoms with Crippen molar-refractivity contribution < 1.29 is 56.1 Å². The minimum Gasteiger partial charge on any atom is -0.454 e. The van der Waals surface area contributed by atoms with E-state index in [0.29, 0.717) is 38.5 Å². The largest absolute Gasteiger partial charge is 0.475 e. The molecule has 4 saturated carbocycles. The standard InChI is InChI=1S/C42H53O12P/c1-38(2)39(3)24-25-42(38,53-36(39)43)37(44)48-30-31-33(51-40(49-31)20-12-6-13-21-40)35(34-32(30)50-41(52-34)22-14-7-15-23-41)54-55(45,46-26-28-16-8-4-9-17-28)47-27-29-18-10-5-11-19-29/h4-5,8-11,16-19,30-35H,6-7,12-15,20-27H2,1-3H3/t30?,31-,32+,33-,34-,35?,39-,42+/m0/s1. The highest BCUT2D eigenvalue weighted by Gasteiger charge is 2.77. The predicted octanol–water partition coefficient (Wildman–Crippen LogP) is 7.85. The molecule has 2 spiro atoms. The van der Waals surface area contributed by atoms with E-state index < -0.39 is 84.4 Å². The van der Waals surface area contributed by atoms with Gasteiger partial charge in [-0.1, -0.05) is 87.4 Å². The van der Waals surface area contributed by atoms with Crippen LogP contribution in [0, 0.1) is 10.8 Å². The lowest BCUT2D eigenvalue weighted by molar-refractivity contribution is -0.230. The van der Waals surface area contributed by atoms with Gasteiger partial charge in [-0.15, -0.1) is 0 Å². The molecule has 8 atom stereocenters. The second kappa shape index (κ2) is 14.0. The van der Waals surface area contributed by atoms with Gasteiger partial charge in [-0.05, 0) is 56.6 Å². The molecular formula is C42H53O12P. The number of esters is 2. The topological polar surface area (TPSA) is 134 Å². The molecule has 9 rings (SSSR count). The van der Waals surface area contributed by atoms with E-state index in [4.69, 9.17) is 42.0 Å². The van der Waals surface area contributed by atoms with E-state index in [1.54, 1.807) is 0 Å². The summed E-state index contributed by atoms with van der Waals surface area (Å²) in [5, 5.41) is 0. The lowest BCUT2D eigenvalue weighted by Crippen LogP contribution is -2.64. The van der Waals surface area contributed by atoms with Gasteiger partial charge in [0.2, 0.25) is 5.60 Å². The fourth-order valence-electron chi connectivity index (χ4n) is 10.2. The molecule has 0 amide bonds. The van der Waals surface area contributed by atoms with Crippen LogP contribution in [0.15, 0.2) is 60.7 Å². The van der Waals surface area contributed by atoms with Crippen LogP contribution in [0.5, 0.6) is 0 Å². The molecule has 2 unspecified atom stereocenters. The summed E-state index contributed by atoms with van der Waals surface area (Å²) in [5.41, 5.74) is -1.51. The normalized spacial score (nSPS) is 36.7. The first kappa shape index (κ1) is 37.9. The van der Waals surface area contributed by atoms with Gasteiger partial charge in [0.05, 0.1) is 18.6 Å². The maximum atomic E-state index is 15.0. The van der Waals surface area contributed by atoms with Gasteiger partial charge >= 0.3 is 19.8 Å². The maximum absolute atomic E-state index is 15.0. The molecule has 2 aromatic carbocycles. The summed E-state index contributed by atoms with van der Waals surface area (Å²) >= 11 is 0. The molecule has 0 aromatic heterocycles. The molecule has 2 aromatic rings. The molecule has 7 fully saturated rings. The Hall–Kier alpha value is -2.67. The Morgan fingerprint density at radius 3 is 1.53 bits per heavy atom. The van der Waals surface area contributed by atoms with Crippen LogP contribution in [-0.2, 0) is 69.4 Å². The molecule has 3 aliphatic heterocycles. The van der Waals surface area contributed by atoms with Crippen LogP contribution in [0.2, 0.25) is 0 Å². The number of carbonyl (C=O) groups excluding carboxylic acids is 2. The molecule has 2 bridgehead atoms. The van der Waals surface area contributed by atoms with Crippen molar-refractivity contribution in [2.24, 2.45) is 10.8 Å². The van der Waals surface area contributed by atoms with Gasteiger partial charge in [0.1, 0.15) is 30.5 Å². The predicted molar refractivity (Wildman–Crippen MR) is 196 cm³/mol. The number of ether oxygens (including phenoxy) is 6. The van der Waals surface area contributed by atoms with Gasteiger partial charge in [0.25, 0.3) is 0 Å². The van der Waals surface area contributed by atoms with Crippen molar-refractivity contribution in [1.29, 1.82) is 0 Å². The van der Waals surface area contributed by atoms with Crippen LogP contribution in [0.1, 0.15) is 109 Å². The smallest absolute Gasteiger partial charge is 0.454 e. The number of hydrogen-bond donors (Lipinski definition) is 0. The second-order valence-electron chi connectivity index (χ2n) is 17.4. The minimum absolute atomic E-state index is 0.0276. The van der Waals surface area contributed by atoms with Crippen molar-refractivity contribution in [3.8, 4) is 0 Å². The summed E-state index contributed by atoms with van der Waals surface area (Å²) in [4.78, 5) is 27.9. The van der Waals surface area contributed by atoms with Gasteiger partial charge in [-0.25, -0.2) is 9.36 Å². The van der Waals surface area contributed by atoms with E-state index >= 15 is 0 Å². The third-order valence-corrected chi connectivity index (χ3v) is 15.3. The highest BCUT2D eigenvalue weighted by molar-refractivity contribution is 7.48. The SMILES string of the molecule is CC1(C)[C@@]2(C)CC[C@]1(C(=O)OC1[C@H]3OC4(CCCCC4)O[C@@H]3C(OP(=O)(OCc3ccccc3)OCc3ccccc3)[C@H]3OC4(CCCCC4)O[C@@H]13)OC2=O. The molecule has 4 aliphatic carbocycles. The number of fused-ring (bicyclic) bond motifs is 4. The van der Waals surface area contributed by atoms with Gasteiger partial charge in [-0.2, -0.15) is 0 Å². The van der Waals surface area contributed by atoms with Gasteiger partial charge in [0, 0.05) is 31.1 Å².